The molecule has 1 amide bonds. The number of hydrogen-bond acceptors (Lipinski definition) is 6. The van der Waals surface area contributed by atoms with Crippen LogP contribution in [-0.2, 0) is 9.53 Å². The number of carbonyl (C=O) groups excluding carboxylic acids is 1. The number of carboxylic acids is 1. The molecule has 0 aliphatic carbocycles. The van der Waals surface area contributed by atoms with Gasteiger partial charge in [-0.2, -0.15) is 0 Å². The standard InChI is InChI=1S/C15H21N3O5/c1-15(2,3)23-14(21)18-8-5-10(9-11(18)12(19)20)22-13-16-6-4-7-17-13/h4,6-7,10-11H,5,8-9H2,1-3H3,(H,19,20). The van der Waals surface area contributed by atoms with Gasteiger partial charge in [0.25, 0.3) is 0 Å². The summed E-state index contributed by atoms with van der Waals surface area (Å²) in [7, 11) is 0. The molecule has 0 spiro atoms. The smallest absolute Gasteiger partial charge is 0.411 e. The minimum absolute atomic E-state index is 0.160. The van der Waals surface area contributed by atoms with Crippen LogP contribution >= 0.6 is 0 Å². The van der Waals surface area contributed by atoms with Crippen molar-refractivity contribution in [3.05, 3.63) is 18.5 Å². The number of carboxylic acid groups (broad SMARTS) is 1. The molecule has 23 heavy (non-hydrogen) atoms. The Kier molecular flexibility index (Phi) is 5.02. The van der Waals surface area contributed by atoms with E-state index in [1.54, 1.807) is 39.2 Å². The molecule has 126 valence electrons. The van der Waals surface area contributed by atoms with Gasteiger partial charge in [-0.25, -0.2) is 19.6 Å². The van der Waals surface area contributed by atoms with Crippen molar-refractivity contribution in [2.45, 2.75) is 51.4 Å². The number of amides is 1. The molecule has 2 unspecified atom stereocenters. The molecule has 0 radical (unpaired) electrons. The molecule has 1 aliphatic rings. The Bertz CT molecular complexity index is 558. The molecule has 2 rings (SSSR count). The van der Waals surface area contributed by atoms with Gasteiger partial charge in [0.1, 0.15) is 17.7 Å². The normalized spacial score (nSPS) is 21.6. The highest BCUT2D eigenvalue weighted by atomic mass is 16.6. The zero-order valence-corrected chi connectivity index (χ0v) is 13.4. The van der Waals surface area contributed by atoms with Crippen LogP contribution in [0.1, 0.15) is 33.6 Å². The summed E-state index contributed by atoms with van der Waals surface area (Å²) in [5.41, 5.74) is -0.675. The summed E-state index contributed by atoms with van der Waals surface area (Å²) in [4.78, 5) is 32.8. The van der Waals surface area contributed by atoms with Crippen molar-refractivity contribution in [1.82, 2.24) is 14.9 Å². The second kappa shape index (κ2) is 6.80. The zero-order valence-electron chi connectivity index (χ0n) is 13.4. The Hall–Kier alpha value is -2.38. The van der Waals surface area contributed by atoms with E-state index in [9.17, 15) is 14.7 Å². The predicted molar refractivity (Wildman–Crippen MR) is 80.0 cm³/mol. The van der Waals surface area contributed by atoms with Crippen LogP contribution in [0.3, 0.4) is 0 Å². The summed E-state index contributed by atoms with van der Waals surface area (Å²) in [6.45, 7) is 5.46. The van der Waals surface area contributed by atoms with Crippen molar-refractivity contribution in [2.24, 2.45) is 0 Å². The van der Waals surface area contributed by atoms with E-state index in [0.29, 0.717) is 6.42 Å². The first kappa shape index (κ1) is 17.0. The van der Waals surface area contributed by atoms with Crippen molar-refractivity contribution in [1.29, 1.82) is 0 Å². The Morgan fingerprint density at radius 1 is 1.30 bits per heavy atom. The molecule has 1 N–H and O–H groups in total. The number of ether oxygens (including phenoxy) is 2. The molecule has 8 nitrogen and oxygen atoms in total. The average Bonchev–Trinajstić information content (AvgIpc) is 2.46. The monoisotopic (exact) mass is 323 g/mol. The maximum Gasteiger partial charge on any atom is 0.411 e. The number of aromatic nitrogens is 2. The second-order valence-corrected chi connectivity index (χ2v) is 6.32. The quantitative estimate of drug-likeness (QED) is 0.903. The number of aliphatic carboxylic acids is 1. The van der Waals surface area contributed by atoms with E-state index in [-0.39, 0.29) is 25.1 Å². The number of piperidine rings is 1. The first-order valence-corrected chi connectivity index (χ1v) is 7.42. The third-order valence-electron chi connectivity index (χ3n) is 3.28. The van der Waals surface area contributed by atoms with Crippen LogP contribution in [0.5, 0.6) is 6.01 Å². The van der Waals surface area contributed by atoms with Crippen LogP contribution in [0.25, 0.3) is 0 Å². The number of carbonyl (C=O) groups is 2. The zero-order chi connectivity index (χ0) is 17.0. The molecule has 2 heterocycles. The molecule has 2 atom stereocenters. The lowest BCUT2D eigenvalue weighted by atomic mass is 10.00. The highest BCUT2D eigenvalue weighted by Crippen LogP contribution is 2.23. The largest absolute Gasteiger partial charge is 0.480 e. The van der Waals surface area contributed by atoms with E-state index in [4.69, 9.17) is 9.47 Å². The van der Waals surface area contributed by atoms with Crippen LogP contribution in [-0.4, -0.2) is 56.3 Å². The molecule has 0 saturated carbocycles. The van der Waals surface area contributed by atoms with Crippen LogP contribution < -0.4 is 4.74 Å². The molecule has 0 bridgehead atoms. The molecule has 0 aromatic carbocycles. The Morgan fingerprint density at radius 3 is 2.52 bits per heavy atom. The van der Waals surface area contributed by atoms with E-state index in [0.717, 1.165) is 0 Å². The van der Waals surface area contributed by atoms with Gasteiger partial charge in [-0.1, -0.05) is 0 Å². The number of nitrogens with zero attached hydrogens (tertiary/aromatic N) is 3. The minimum atomic E-state index is -1.09. The Labute approximate surface area is 134 Å². The lowest BCUT2D eigenvalue weighted by molar-refractivity contribution is -0.146. The van der Waals surface area contributed by atoms with Crippen LogP contribution in [0.4, 0.5) is 4.79 Å². The number of likely N-dealkylation sites (tertiary alicyclic amines) is 1. The van der Waals surface area contributed by atoms with Gasteiger partial charge < -0.3 is 14.6 Å². The van der Waals surface area contributed by atoms with Gasteiger partial charge in [0.2, 0.25) is 0 Å². The molecule has 1 aliphatic heterocycles. The van der Waals surface area contributed by atoms with Gasteiger partial charge in [-0.3, -0.25) is 4.90 Å². The van der Waals surface area contributed by atoms with E-state index < -0.39 is 23.7 Å². The second-order valence-electron chi connectivity index (χ2n) is 6.32. The predicted octanol–water partition coefficient (Wildman–Crippen LogP) is 1.71. The molecular weight excluding hydrogens is 302 g/mol. The van der Waals surface area contributed by atoms with Gasteiger partial charge in [-0.15, -0.1) is 0 Å². The molecule has 1 aromatic heterocycles. The van der Waals surface area contributed by atoms with Gasteiger partial charge in [0, 0.05) is 31.8 Å². The van der Waals surface area contributed by atoms with Gasteiger partial charge in [0.05, 0.1) is 0 Å². The van der Waals surface area contributed by atoms with Gasteiger partial charge in [0.15, 0.2) is 0 Å². The van der Waals surface area contributed by atoms with Crippen LogP contribution in [0.15, 0.2) is 18.5 Å². The SMILES string of the molecule is CC(C)(C)OC(=O)N1CCC(Oc2ncccn2)CC1C(=O)O. The topological polar surface area (TPSA) is 102 Å². The van der Waals surface area contributed by atoms with Gasteiger partial charge in [-0.05, 0) is 26.8 Å². The van der Waals surface area contributed by atoms with Crippen molar-refractivity contribution in [2.75, 3.05) is 6.54 Å². The molecule has 8 heteroatoms. The van der Waals surface area contributed by atoms with E-state index in [1.807, 2.05) is 0 Å². The fraction of sp³-hybridized carbons (Fsp3) is 0.600. The summed E-state index contributed by atoms with van der Waals surface area (Å²) < 4.78 is 10.9. The maximum absolute atomic E-state index is 12.2. The Morgan fingerprint density at radius 2 is 1.96 bits per heavy atom. The number of hydrogen-bond donors (Lipinski definition) is 1. The van der Waals surface area contributed by atoms with Crippen molar-refractivity contribution in [3.8, 4) is 6.01 Å². The van der Waals surface area contributed by atoms with Crippen molar-refractivity contribution in [3.63, 3.8) is 0 Å². The van der Waals surface area contributed by atoms with Crippen molar-refractivity contribution < 1.29 is 24.2 Å². The lowest BCUT2D eigenvalue weighted by Gasteiger charge is -2.37. The van der Waals surface area contributed by atoms with E-state index >= 15 is 0 Å². The van der Waals surface area contributed by atoms with Crippen LogP contribution in [0, 0.1) is 0 Å². The summed E-state index contributed by atoms with van der Waals surface area (Å²) in [5.74, 6) is -1.09. The summed E-state index contributed by atoms with van der Waals surface area (Å²) >= 11 is 0. The first-order chi connectivity index (χ1) is 10.8. The third kappa shape index (κ3) is 4.80. The lowest BCUT2D eigenvalue weighted by Crippen LogP contribution is -2.53. The highest BCUT2D eigenvalue weighted by Gasteiger charge is 2.39. The molecule has 1 fully saturated rings. The fourth-order valence-electron chi connectivity index (χ4n) is 2.31. The minimum Gasteiger partial charge on any atom is -0.480 e. The molecule has 1 saturated heterocycles. The fourth-order valence-corrected chi connectivity index (χ4v) is 2.31. The summed E-state index contributed by atoms with van der Waals surface area (Å²) in [6.07, 6.45) is 2.75. The summed E-state index contributed by atoms with van der Waals surface area (Å²) in [6, 6.07) is 0.873. The maximum atomic E-state index is 12.2. The summed E-state index contributed by atoms with van der Waals surface area (Å²) in [5, 5.41) is 9.40. The average molecular weight is 323 g/mol. The highest BCUT2D eigenvalue weighted by molar-refractivity contribution is 5.80. The third-order valence-corrected chi connectivity index (χ3v) is 3.28. The van der Waals surface area contributed by atoms with Gasteiger partial charge >= 0.3 is 18.1 Å². The first-order valence-electron chi connectivity index (χ1n) is 7.42. The number of rotatable bonds is 3. The Balaban J connectivity index is 2.03. The van der Waals surface area contributed by atoms with Crippen LogP contribution in [0.2, 0.25) is 0 Å². The van der Waals surface area contributed by atoms with E-state index in [1.165, 1.54) is 4.90 Å². The molecular formula is C15H21N3O5. The van der Waals surface area contributed by atoms with E-state index in [2.05, 4.69) is 9.97 Å². The van der Waals surface area contributed by atoms with Crippen molar-refractivity contribution >= 4 is 12.1 Å². The molecule has 1 aromatic rings.